The largest absolute Gasteiger partial charge is 0.440 e. The molecular formula is C19H14N2O3. The van der Waals surface area contributed by atoms with Crippen LogP contribution < -0.4 is 16.0 Å². The number of nitrogens with one attached hydrogen (secondary N) is 2. The van der Waals surface area contributed by atoms with Crippen LogP contribution in [0.25, 0.3) is 5.76 Å². The van der Waals surface area contributed by atoms with E-state index in [4.69, 9.17) is 4.74 Å². The van der Waals surface area contributed by atoms with Gasteiger partial charge in [0.15, 0.2) is 0 Å². The molecule has 1 aromatic heterocycles. The molecule has 0 saturated heterocycles. The Kier molecular flexibility index (Phi) is 3.39. The molecule has 0 saturated carbocycles. The highest BCUT2D eigenvalue weighted by Gasteiger charge is 2.28. The highest BCUT2D eigenvalue weighted by atomic mass is 16.5. The van der Waals surface area contributed by atoms with Crippen LogP contribution in [0.1, 0.15) is 22.6 Å². The first kappa shape index (κ1) is 14.3. The zero-order chi connectivity index (χ0) is 16.5. The molecule has 0 fully saturated rings. The maximum absolute atomic E-state index is 12.3. The van der Waals surface area contributed by atoms with Crippen molar-refractivity contribution in [2.24, 2.45) is 0 Å². The van der Waals surface area contributed by atoms with Crippen LogP contribution in [-0.4, -0.2) is 9.97 Å². The molecule has 2 aromatic carbocycles. The fourth-order valence-corrected chi connectivity index (χ4v) is 2.90. The highest BCUT2D eigenvalue weighted by Crippen LogP contribution is 2.37. The van der Waals surface area contributed by atoms with Gasteiger partial charge in [-0.05, 0) is 11.6 Å². The van der Waals surface area contributed by atoms with E-state index in [1.165, 1.54) is 0 Å². The fourth-order valence-electron chi connectivity index (χ4n) is 2.90. The van der Waals surface area contributed by atoms with Crippen molar-refractivity contribution in [2.75, 3.05) is 0 Å². The number of allylic oxidation sites excluding steroid dienone is 1. The predicted molar refractivity (Wildman–Crippen MR) is 91.0 cm³/mol. The maximum atomic E-state index is 12.3. The van der Waals surface area contributed by atoms with Crippen molar-refractivity contribution in [3.05, 3.63) is 104 Å². The number of aromatic nitrogens is 2. The number of aromatic amines is 2. The Labute approximate surface area is 137 Å². The van der Waals surface area contributed by atoms with Crippen LogP contribution in [0, 0.1) is 0 Å². The minimum absolute atomic E-state index is 0.193. The van der Waals surface area contributed by atoms with Crippen molar-refractivity contribution in [3.8, 4) is 5.88 Å². The summed E-state index contributed by atoms with van der Waals surface area (Å²) in [6, 6.07) is 19.2. The van der Waals surface area contributed by atoms with Gasteiger partial charge in [0, 0.05) is 11.5 Å². The summed E-state index contributed by atoms with van der Waals surface area (Å²) in [5, 5.41) is 0. The summed E-state index contributed by atoms with van der Waals surface area (Å²) in [4.78, 5) is 28.8. The summed E-state index contributed by atoms with van der Waals surface area (Å²) in [7, 11) is 0. The van der Waals surface area contributed by atoms with E-state index in [1.807, 2.05) is 66.7 Å². The number of fused-ring (bicyclic) bond motifs is 1. The monoisotopic (exact) mass is 318 g/mol. The third-order valence-electron chi connectivity index (χ3n) is 4.00. The van der Waals surface area contributed by atoms with Crippen molar-refractivity contribution in [1.29, 1.82) is 0 Å². The van der Waals surface area contributed by atoms with E-state index in [-0.39, 0.29) is 11.8 Å². The molecule has 24 heavy (non-hydrogen) atoms. The minimum atomic E-state index is -0.583. The van der Waals surface area contributed by atoms with E-state index < -0.39 is 11.2 Å². The average molecular weight is 318 g/mol. The number of rotatable bonds is 2. The van der Waals surface area contributed by atoms with Gasteiger partial charge in [-0.25, -0.2) is 4.79 Å². The molecule has 2 N–H and O–H groups in total. The van der Waals surface area contributed by atoms with Crippen LogP contribution in [0.2, 0.25) is 0 Å². The Hall–Kier alpha value is -3.34. The Morgan fingerprint density at radius 1 is 0.833 bits per heavy atom. The molecule has 0 spiro atoms. The molecule has 5 heteroatoms. The minimum Gasteiger partial charge on any atom is -0.440 e. The summed E-state index contributed by atoms with van der Waals surface area (Å²) < 4.78 is 5.82. The molecule has 5 nitrogen and oxygen atoms in total. The summed E-state index contributed by atoms with van der Waals surface area (Å²) in [5.41, 5.74) is 1.21. The van der Waals surface area contributed by atoms with Crippen LogP contribution in [-0.2, 0) is 0 Å². The van der Waals surface area contributed by atoms with Crippen LogP contribution >= 0.6 is 0 Å². The van der Waals surface area contributed by atoms with Crippen molar-refractivity contribution in [3.63, 3.8) is 0 Å². The lowest BCUT2D eigenvalue weighted by atomic mass is 9.89. The maximum Gasteiger partial charge on any atom is 0.328 e. The highest BCUT2D eigenvalue weighted by molar-refractivity contribution is 5.67. The molecule has 0 bridgehead atoms. The normalized spacial score (nSPS) is 16.0. The third kappa shape index (κ3) is 2.46. The number of hydrogen-bond acceptors (Lipinski definition) is 3. The average Bonchev–Trinajstić information content (AvgIpc) is 2.62. The predicted octanol–water partition coefficient (Wildman–Crippen LogP) is 2.63. The summed E-state index contributed by atoms with van der Waals surface area (Å²) in [6.45, 7) is 0. The Balaban J connectivity index is 1.94. The summed E-state index contributed by atoms with van der Waals surface area (Å²) in [5.74, 6) is 0.503. The molecule has 1 aliphatic rings. The zero-order valence-corrected chi connectivity index (χ0v) is 12.7. The van der Waals surface area contributed by atoms with Crippen molar-refractivity contribution >= 4 is 5.76 Å². The smallest absolute Gasteiger partial charge is 0.328 e. The van der Waals surface area contributed by atoms with E-state index in [1.54, 1.807) is 0 Å². The van der Waals surface area contributed by atoms with E-state index in [0.717, 1.165) is 11.1 Å². The fraction of sp³-hybridized carbons (Fsp3) is 0.0526. The van der Waals surface area contributed by atoms with Gasteiger partial charge in [-0.3, -0.25) is 14.8 Å². The van der Waals surface area contributed by atoms with Gasteiger partial charge in [0.1, 0.15) is 5.76 Å². The second-order valence-electron chi connectivity index (χ2n) is 5.54. The molecule has 0 radical (unpaired) electrons. The van der Waals surface area contributed by atoms with Gasteiger partial charge in [0.2, 0.25) is 5.88 Å². The Bertz CT molecular complexity index is 1020. The topological polar surface area (TPSA) is 75.0 Å². The second kappa shape index (κ2) is 5.70. The van der Waals surface area contributed by atoms with Crippen LogP contribution in [0.4, 0.5) is 0 Å². The molecule has 1 unspecified atom stereocenters. The summed E-state index contributed by atoms with van der Waals surface area (Å²) >= 11 is 0. The lowest BCUT2D eigenvalue weighted by Gasteiger charge is -2.23. The number of H-pyrrole nitrogens is 2. The molecule has 0 aliphatic carbocycles. The molecule has 4 rings (SSSR count). The van der Waals surface area contributed by atoms with E-state index >= 15 is 0 Å². The molecule has 118 valence electrons. The van der Waals surface area contributed by atoms with Crippen molar-refractivity contribution < 1.29 is 4.74 Å². The Morgan fingerprint density at radius 3 is 2.21 bits per heavy atom. The second-order valence-corrected chi connectivity index (χ2v) is 5.54. The van der Waals surface area contributed by atoms with E-state index in [9.17, 15) is 9.59 Å². The first-order valence-corrected chi connectivity index (χ1v) is 7.59. The third-order valence-corrected chi connectivity index (χ3v) is 4.00. The van der Waals surface area contributed by atoms with Crippen LogP contribution in [0.15, 0.2) is 76.3 Å². The van der Waals surface area contributed by atoms with Gasteiger partial charge in [-0.1, -0.05) is 60.7 Å². The van der Waals surface area contributed by atoms with Gasteiger partial charge >= 0.3 is 5.69 Å². The lowest BCUT2D eigenvalue weighted by Crippen LogP contribution is -2.30. The quantitative estimate of drug-likeness (QED) is 0.763. The Morgan fingerprint density at radius 2 is 1.50 bits per heavy atom. The van der Waals surface area contributed by atoms with Gasteiger partial charge in [-0.2, -0.15) is 0 Å². The molecule has 1 aliphatic heterocycles. The molecule has 3 aromatic rings. The zero-order valence-electron chi connectivity index (χ0n) is 12.7. The van der Waals surface area contributed by atoms with Crippen molar-refractivity contribution in [1.82, 2.24) is 9.97 Å². The van der Waals surface area contributed by atoms with Gasteiger partial charge in [0.25, 0.3) is 5.56 Å². The van der Waals surface area contributed by atoms with E-state index in [2.05, 4.69) is 9.97 Å². The van der Waals surface area contributed by atoms with Crippen LogP contribution in [0.3, 0.4) is 0 Å². The molecular weight excluding hydrogens is 304 g/mol. The molecule has 0 amide bonds. The van der Waals surface area contributed by atoms with Gasteiger partial charge < -0.3 is 4.74 Å². The molecule has 2 heterocycles. The molecule has 1 atom stereocenters. The number of ether oxygens (including phenoxy) is 1. The van der Waals surface area contributed by atoms with Gasteiger partial charge in [0.05, 0.1) is 5.56 Å². The first-order valence-electron chi connectivity index (χ1n) is 7.59. The first-order chi connectivity index (χ1) is 11.7. The standard InChI is InChI=1S/C19H14N2O3/c22-17-16-14(12-7-3-1-4-8-12)11-15(13-9-5-2-6-10-13)24-18(16)21-19(23)20-17/h1-11,14H,(H2,20,21,22,23). The van der Waals surface area contributed by atoms with Gasteiger partial charge in [-0.15, -0.1) is 0 Å². The number of hydrogen-bond donors (Lipinski definition) is 2. The van der Waals surface area contributed by atoms with E-state index in [0.29, 0.717) is 11.3 Å². The van der Waals surface area contributed by atoms with Crippen molar-refractivity contribution in [2.45, 2.75) is 5.92 Å². The lowest BCUT2D eigenvalue weighted by molar-refractivity contribution is 0.464. The van der Waals surface area contributed by atoms with Crippen LogP contribution in [0.5, 0.6) is 5.88 Å². The SMILES string of the molecule is O=c1[nH]c2c(c(=O)[nH]1)C(c1ccccc1)C=C(c1ccccc1)O2. The summed E-state index contributed by atoms with van der Waals surface area (Å²) in [6.07, 6.45) is 1.90. The number of benzene rings is 2.